The number of nitrogens with one attached hydrogen (secondary N) is 1. The van der Waals surface area contributed by atoms with Crippen LogP contribution in [0.2, 0.25) is 0 Å². The summed E-state index contributed by atoms with van der Waals surface area (Å²) in [7, 11) is 3.26. The van der Waals surface area contributed by atoms with Gasteiger partial charge in [-0.15, -0.1) is 0 Å². The van der Waals surface area contributed by atoms with Gasteiger partial charge in [-0.05, 0) is 26.7 Å². The molecule has 1 saturated heterocycles. The second-order valence-corrected chi connectivity index (χ2v) is 9.98. The van der Waals surface area contributed by atoms with E-state index >= 15 is 0 Å². The Kier molecular flexibility index (Phi) is 9.06. The van der Waals surface area contributed by atoms with Crippen molar-refractivity contribution in [2.45, 2.75) is 51.7 Å². The van der Waals surface area contributed by atoms with Gasteiger partial charge in [0, 0.05) is 69.3 Å². The Morgan fingerprint density at radius 1 is 1.23 bits per heavy atom. The number of halogens is 3. The lowest BCUT2D eigenvalue weighted by atomic mass is 10.0. The number of carbonyl (C=O) groups excluding carboxylic acids is 2. The first-order valence-corrected chi connectivity index (χ1v) is 12.2. The molecule has 2 aromatic rings. The molecule has 2 heterocycles. The summed E-state index contributed by atoms with van der Waals surface area (Å²) in [4.78, 5) is 27.5. The first kappa shape index (κ1) is 26.9. The monoisotopic (exact) mass is 512 g/mol. The number of hydrogen-bond acceptors (Lipinski definition) is 6. The maximum atomic E-state index is 14.2. The number of piperidine rings is 1. The highest BCUT2D eigenvalue weighted by molar-refractivity contribution is 7.98. The van der Waals surface area contributed by atoms with E-state index in [2.05, 4.69) is 10.4 Å². The fourth-order valence-electron chi connectivity index (χ4n) is 3.99. The van der Waals surface area contributed by atoms with Crippen molar-refractivity contribution in [3.63, 3.8) is 0 Å². The van der Waals surface area contributed by atoms with Crippen molar-refractivity contribution in [2.75, 3.05) is 24.4 Å². The van der Waals surface area contributed by atoms with Crippen LogP contribution < -0.4 is 9.62 Å². The molecule has 0 radical (unpaired) electrons. The number of anilines is 1. The molecule has 1 aromatic heterocycles. The zero-order chi connectivity index (χ0) is 25.7. The van der Waals surface area contributed by atoms with Gasteiger partial charge in [-0.2, -0.15) is 5.10 Å². The van der Waals surface area contributed by atoms with Gasteiger partial charge in [0.1, 0.15) is 17.5 Å². The lowest BCUT2D eigenvalue weighted by Crippen LogP contribution is -2.50. The van der Waals surface area contributed by atoms with E-state index in [1.165, 1.54) is 11.4 Å². The maximum Gasteiger partial charge on any atom is 0.242 e. The number of amides is 2. The second-order valence-electron chi connectivity index (χ2n) is 8.80. The molecule has 192 valence electrons. The normalized spacial score (nSPS) is 16.4. The van der Waals surface area contributed by atoms with Gasteiger partial charge in [0.25, 0.3) is 0 Å². The van der Waals surface area contributed by atoms with Crippen LogP contribution in [0.4, 0.5) is 18.9 Å². The smallest absolute Gasteiger partial charge is 0.242 e. The van der Waals surface area contributed by atoms with Crippen molar-refractivity contribution in [2.24, 2.45) is 7.05 Å². The standard InChI is InChI=1S/C23H31F3N6O2S/c1-15(2)31(14-16-11-28-29(3)13-16)21(33)12-27-23(34)20-7-5-6-8-32(20)35-30(4)22-18(25)9-17(24)10-19(22)26/h9-11,13,15,20H,5-8,12,14H2,1-4H3,(H,27,34). The average molecular weight is 513 g/mol. The predicted molar refractivity (Wildman–Crippen MR) is 129 cm³/mol. The van der Waals surface area contributed by atoms with E-state index in [9.17, 15) is 22.8 Å². The third-order valence-electron chi connectivity index (χ3n) is 5.75. The third-order valence-corrected chi connectivity index (χ3v) is 6.82. The Morgan fingerprint density at radius 3 is 2.51 bits per heavy atom. The zero-order valence-corrected chi connectivity index (χ0v) is 21.1. The summed E-state index contributed by atoms with van der Waals surface area (Å²) in [6, 6.07) is 0.581. The Labute approximate surface area is 207 Å². The SMILES string of the molecule is CC(C)N(Cc1cnn(C)c1)C(=O)CNC(=O)C1CCCCN1SN(C)c1c(F)cc(F)cc1F. The molecular formula is C23H31F3N6O2S. The molecule has 2 amide bonds. The number of aryl methyl sites for hydroxylation is 1. The first-order valence-electron chi connectivity index (χ1n) is 11.4. The van der Waals surface area contributed by atoms with Crippen molar-refractivity contribution in [3.05, 3.63) is 47.5 Å². The Bertz CT molecular complexity index is 1030. The van der Waals surface area contributed by atoms with Gasteiger partial charge in [-0.3, -0.25) is 14.3 Å². The summed E-state index contributed by atoms with van der Waals surface area (Å²) in [5, 5.41) is 6.85. The lowest BCUT2D eigenvalue weighted by molar-refractivity contribution is -0.135. The molecule has 12 heteroatoms. The summed E-state index contributed by atoms with van der Waals surface area (Å²) < 4.78 is 46.3. The number of nitrogens with zero attached hydrogens (tertiary/aromatic N) is 5. The van der Waals surface area contributed by atoms with Crippen LogP contribution in [-0.2, 0) is 23.2 Å². The minimum atomic E-state index is -1.02. The van der Waals surface area contributed by atoms with Gasteiger partial charge in [-0.25, -0.2) is 17.5 Å². The molecule has 0 bridgehead atoms. The fraction of sp³-hybridized carbons (Fsp3) is 0.522. The van der Waals surface area contributed by atoms with Crippen molar-refractivity contribution in [3.8, 4) is 0 Å². The van der Waals surface area contributed by atoms with Gasteiger partial charge in [-0.1, -0.05) is 6.42 Å². The second kappa shape index (κ2) is 11.8. The number of rotatable bonds is 9. The van der Waals surface area contributed by atoms with E-state index in [1.807, 2.05) is 20.0 Å². The Hall–Kier alpha value is -2.73. The molecule has 0 aliphatic carbocycles. The van der Waals surface area contributed by atoms with Crippen molar-refractivity contribution in [1.29, 1.82) is 0 Å². The number of carbonyl (C=O) groups is 2. The largest absolute Gasteiger partial charge is 0.346 e. The highest BCUT2D eigenvalue weighted by Crippen LogP contribution is 2.33. The topological polar surface area (TPSA) is 73.7 Å². The molecular weight excluding hydrogens is 481 g/mol. The summed E-state index contributed by atoms with van der Waals surface area (Å²) in [6.07, 6.45) is 5.69. The molecule has 35 heavy (non-hydrogen) atoms. The molecule has 0 spiro atoms. The zero-order valence-electron chi connectivity index (χ0n) is 20.3. The van der Waals surface area contributed by atoms with Gasteiger partial charge < -0.3 is 14.5 Å². The van der Waals surface area contributed by atoms with Crippen LogP contribution in [0.5, 0.6) is 0 Å². The first-order chi connectivity index (χ1) is 16.6. The summed E-state index contributed by atoms with van der Waals surface area (Å²) in [5.74, 6) is -3.60. The Balaban J connectivity index is 1.62. The molecule has 0 saturated carbocycles. The molecule has 1 unspecified atom stereocenters. The van der Waals surface area contributed by atoms with Crippen LogP contribution in [0.15, 0.2) is 24.5 Å². The molecule has 1 aliphatic rings. The molecule has 1 aromatic carbocycles. The van der Waals surface area contributed by atoms with Crippen LogP contribution in [0.1, 0.15) is 38.7 Å². The number of hydrogen-bond donors (Lipinski definition) is 1. The molecule has 1 N–H and O–H groups in total. The molecule has 8 nitrogen and oxygen atoms in total. The maximum absolute atomic E-state index is 14.2. The number of benzene rings is 1. The summed E-state index contributed by atoms with van der Waals surface area (Å²) in [5.41, 5.74) is 0.498. The van der Waals surface area contributed by atoms with Crippen LogP contribution >= 0.6 is 12.1 Å². The van der Waals surface area contributed by atoms with Gasteiger partial charge >= 0.3 is 0 Å². The van der Waals surface area contributed by atoms with E-state index in [0.717, 1.165) is 30.5 Å². The predicted octanol–water partition coefficient (Wildman–Crippen LogP) is 3.24. The highest BCUT2D eigenvalue weighted by Gasteiger charge is 2.32. The van der Waals surface area contributed by atoms with Crippen molar-refractivity contribution in [1.82, 2.24) is 24.3 Å². The molecule has 3 rings (SSSR count). The van der Waals surface area contributed by atoms with Crippen LogP contribution in [0.3, 0.4) is 0 Å². The quantitative estimate of drug-likeness (QED) is 0.520. The fourth-order valence-corrected chi connectivity index (χ4v) is 5.09. The van der Waals surface area contributed by atoms with E-state index in [0.29, 0.717) is 31.6 Å². The average Bonchev–Trinajstić information content (AvgIpc) is 3.19. The number of aromatic nitrogens is 2. The van der Waals surface area contributed by atoms with Crippen molar-refractivity contribution >= 4 is 29.6 Å². The highest BCUT2D eigenvalue weighted by atomic mass is 32.2. The van der Waals surface area contributed by atoms with Crippen LogP contribution in [0, 0.1) is 17.5 Å². The van der Waals surface area contributed by atoms with E-state index < -0.39 is 23.5 Å². The van der Waals surface area contributed by atoms with E-state index in [1.54, 1.807) is 27.1 Å². The van der Waals surface area contributed by atoms with E-state index in [4.69, 9.17) is 0 Å². The van der Waals surface area contributed by atoms with Gasteiger partial charge in [0.15, 0.2) is 11.6 Å². The summed E-state index contributed by atoms with van der Waals surface area (Å²) >= 11 is 0.993. The third kappa shape index (κ3) is 6.91. The van der Waals surface area contributed by atoms with Gasteiger partial charge in [0.05, 0.1) is 12.7 Å². The van der Waals surface area contributed by atoms with Gasteiger partial charge in [0.2, 0.25) is 11.8 Å². The Morgan fingerprint density at radius 2 is 1.91 bits per heavy atom. The summed E-state index contributed by atoms with van der Waals surface area (Å²) in [6.45, 7) is 4.54. The molecule has 1 fully saturated rings. The van der Waals surface area contributed by atoms with Crippen molar-refractivity contribution < 1.29 is 22.8 Å². The molecule has 1 aliphatic heterocycles. The van der Waals surface area contributed by atoms with Crippen LogP contribution in [0.25, 0.3) is 0 Å². The minimum Gasteiger partial charge on any atom is -0.346 e. The minimum absolute atomic E-state index is 0.0736. The van der Waals surface area contributed by atoms with Crippen LogP contribution in [-0.4, -0.2) is 63.0 Å². The van der Waals surface area contributed by atoms with E-state index in [-0.39, 0.29) is 30.1 Å². The molecule has 1 atom stereocenters. The lowest BCUT2D eigenvalue weighted by Gasteiger charge is -2.36.